The maximum absolute atomic E-state index is 10.4. The van der Waals surface area contributed by atoms with Gasteiger partial charge in [-0.2, -0.15) is 0 Å². The zero-order valence-corrected chi connectivity index (χ0v) is 15.1. The van der Waals surface area contributed by atoms with Crippen LogP contribution in [0.3, 0.4) is 0 Å². The van der Waals surface area contributed by atoms with Gasteiger partial charge in [0.15, 0.2) is 0 Å². The lowest BCUT2D eigenvalue weighted by atomic mass is 10.1. The van der Waals surface area contributed by atoms with Gasteiger partial charge >= 0.3 is 5.97 Å². The van der Waals surface area contributed by atoms with E-state index in [2.05, 4.69) is 12.2 Å². The Labute approximate surface area is 151 Å². The zero-order valence-electron chi connectivity index (χ0n) is 15.1. The Balaban J connectivity index is 2.08. The summed E-state index contributed by atoms with van der Waals surface area (Å²) in [5, 5.41) is 27.6. The van der Waals surface area contributed by atoms with E-state index in [1.165, 1.54) is 6.42 Å². The molecule has 140 valence electrons. The van der Waals surface area contributed by atoms with Crippen LogP contribution in [0.2, 0.25) is 0 Å². The van der Waals surface area contributed by atoms with E-state index in [9.17, 15) is 15.0 Å². The summed E-state index contributed by atoms with van der Waals surface area (Å²) in [6.45, 7) is 1.95. The third kappa shape index (κ3) is 11.5. The van der Waals surface area contributed by atoms with Crippen molar-refractivity contribution in [2.24, 2.45) is 11.8 Å². The van der Waals surface area contributed by atoms with Crippen LogP contribution in [0.15, 0.2) is 48.6 Å². The highest BCUT2D eigenvalue weighted by Gasteiger charge is 2.34. The van der Waals surface area contributed by atoms with Crippen molar-refractivity contribution < 1.29 is 20.1 Å². The lowest BCUT2D eigenvalue weighted by Gasteiger charge is -2.02. The van der Waals surface area contributed by atoms with Crippen LogP contribution < -0.4 is 0 Å². The Kier molecular flexibility index (Phi) is 10.8. The fourth-order valence-corrected chi connectivity index (χ4v) is 2.63. The number of hydrogen-bond donors (Lipinski definition) is 3. The second kappa shape index (κ2) is 12.7. The van der Waals surface area contributed by atoms with E-state index in [1.54, 1.807) is 6.08 Å². The number of hydrogen-bond acceptors (Lipinski definition) is 3. The molecule has 0 aromatic carbocycles. The Hall–Kier alpha value is -1.65. The largest absolute Gasteiger partial charge is 0.481 e. The first-order valence-electron chi connectivity index (χ1n) is 9.27. The fraction of sp³-hybridized carbons (Fsp3) is 0.571. The van der Waals surface area contributed by atoms with Crippen LogP contribution in [-0.4, -0.2) is 33.5 Å². The molecule has 0 radical (unpaired) electrons. The molecule has 0 heterocycles. The SMILES string of the molecule is CC[C@@H](O)/C=C/C=C\C[C@H]1C[C@H]1C/C=C\C=C\C(O)CCCC(=O)O. The van der Waals surface area contributed by atoms with Gasteiger partial charge in [-0.1, -0.05) is 55.5 Å². The maximum Gasteiger partial charge on any atom is 0.303 e. The molecule has 0 amide bonds. The van der Waals surface area contributed by atoms with Gasteiger partial charge in [-0.15, -0.1) is 0 Å². The number of carboxylic acids is 1. The highest BCUT2D eigenvalue weighted by molar-refractivity contribution is 5.66. The first kappa shape index (κ1) is 21.4. The Morgan fingerprint density at radius 2 is 1.56 bits per heavy atom. The van der Waals surface area contributed by atoms with Gasteiger partial charge < -0.3 is 15.3 Å². The lowest BCUT2D eigenvalue weighted by Crippen LogP contribution is -2.03. The standard InChI is InChI=1S/C21H32O4/c1-2-19(22)12-7-3-5-10-17-16-18(17)11-6-4-8-13-20(23)14-9-15-21(24)25/h3-8,12-13,17-20,22-23H,2,9-11,14-16H2,1H3,(H,24,25)/b5-3-,6-4-,12-7+,13-8+/t17-,18+,19+,20?/m0/s1. The topological polar surface area (TPSA) is 77.8 Å². The number of aliphatic carboxylic acids is 1. The van der Waals surface area contributed by atoms with Crippen LogP contribution in [0, 0.1) is 11.8 Å². The van der Waals surface area contributed by atoms with Gasteiger partial charge in [0.05, 0.1) is 12.2 Å². The van der Waals surface area contributed by atoms with Crippen molar-refractivity contribution >= 4 is 5.97 Å². The van der Waals surface area contributed by atoms with Crippen molar-refractivity contribution in [1.82, 2.24) is 0 Å². The Bertz CT molecular complexity index is 490. The molecule has 4 heteroatoms. The van der Waals surface area contributed by atoms with Crippen LogP contribution in [0.25, 0.3) is 0 Å². The molecule has 0 aromatic heterocycles. The highest BCUT2D eigenvalue weighted by atomic mass is 16.4. The van der Waals surface area contributed by atoms with Gasteiger partial charge in [-0.05, 0) is 50.4 Å². The van der Waals surface area contributed by atoms with Crippen LogP contribution in [-0.2, 0) is 4.79 Å². The molecule has 0 saturated heterocycles. The van der Waals surface area contributed by atoms with Crippen LogP contribution in [0.1, 0.15) is 51.9 Å². The second-order valence-corrected chi connectivity index (χ2v) is 6.68. The van der Waals surface area contributed by atoms with Crippen molar-refractivity contribution in [2.75, 3.05) is 0 Å². The molecule has 0 aliphatic heterocycles. The van der Waals surface area contributed by atoms with Gasteiger partial charge in [0.2, 0.25) is 0 Å². The molecule has 4 atom stereocenters. The number of aliphatic hydroxyl groups excluding tert-OH is 2. The van der Waals surface area contributed by atoms with Gasteiger partial charge in [0, 0.05) is 6.42 Å². The van der Waals surface area contributed by atoms with Crippen LogP contribution >= 0.6 is 0 Å². The van der Waals surface area contributed by atoms with Crippen molar-refractivity contribution in [3.63, 3.8) is 0 Å². The molecule has 1 unspecified atom stereocenters. The molecule has 4 nitrogen and oxygen atoms in total. The lowest BCUT2D eigenvalue weighted by molar-refractivity contribution is -0.137. The number of carbonyl (C=O) groups is 1. The van der Waals surface area contributed by atoms with Crippen LogP contribution in [0.5, 0.6) is 0 Å². The first-order chi connectivity index (χ1) is 12.0. The normalized spacial score (nSPS) is 23.2. The Morgan fingerprint density at radius 1 is 1.00 bits per heavy atom. The minimum atomic E-state index is -0.820. The predicted octanol–water partition coefficient (Wildman–Crippen LogP) is 4.01. The molecular formula is C21H32O4. The number of rotatable bonds is 13. The van der Waals surface area contributed by atoms with E-state index in [4.69, 9.17) is 5.11 Å². The third-order valence-corrected chi connectivity index (χ3v) is 4.42. The van der Waals surface area contributed by atoms with E-state index in [0.29, 0.717) is 12.8 Å². The van der Waals surface area contributed by atoms with E-state index < -0.39 is 12.1 Å². The van der Waals surface area contributed by atoms with E-state index in [0.717, 1.165) is 31.1 Å². The molecule has 1 fully saturated rings. The third-order valence-electron chi connectivity index (χ3n) is 4.42. The summed E-state index contributed by atoms with van der Waals surface area (Å²) in [6, 6.07) is 0. The number of aliphatic hydroxyl groups is 2. The fourth-order valence-electron chi connectivity index (χ4n) is 2.63. The first-order valence-corrected chi connectivity index (χ1v) is 9.27. The molecule has 1 saturated carbocycles. The molecule has 1 aliphatic rings. The smallest absolute Gasteiger partial charge is 0.303 e. The molecule has 1 rings (SSSR count). The summed E-state index contributed by atoms with van der Waals surface area (Å²) in [7, 11) is 0. The minimum absolute atomic E-state index is 0.104. The van der Waals surface area contributed by atoms with Crippen molar-refractivity contribution in [1.29, 1.82) is 0 Å². The molecule has 0 aromatic rings. The average molecular weight is 348 g/mol. The maximum atomic E-state index is 10.4. The number of carboxylic acid groups (broad SMARTS) is 1. The molecule has 0 spiro atoms. The summed E-state index contributed by atoms with van der Waals surface area (Å²) in [5.41, 5.74) is 0. The van der Waals surface area contributed by atoms with E-state index >= 15 is 0 Å². The summed E-state index contributed by atoms with van der Waals surface area (Å²) < 4.78 is 0. The predicted molar refractivity (Wildman–Crippen MR) is 101 cm³/mol. The monoisotopic (exact) mass is 348 g/mol. The van der Waals surface area contributed by atoms with Crippen molar-refractivity contribution in [3.8, 4) is 0 Å². The van der Waals surface area contributed by atoms with Crippen molar-refractivity contribution in [2.45, 2.75) is 64.1 Å². The molecular weight excluding hydrogens is 316 g/mol. The van der Waals surface area contributed by atoms with Crippen LogP contribution in [0.4, 0.5) is 0 Å². The highest BCUT2D eigenvalue weighted by Crippen LogP contribution is 2.44. The molecule has 25 heavy (non-hydrogen) atoms. The van der Waals surface area contributed by atoms with Gasteiger partial charge in [0.25, 0.3) is 0 Å². The second-order valence-electron chi connectivity index (χ2n) is 6.68. The van der Waals surface area contributed by atoms with E-state index in [1.807, 2.05) is 37.3 Å². The minimum Gasteiger partial charge on any atom is -0.481 e. The molecule has 0 bridgehead atoms. The summed E-state index contributed by atoms with van der Waals surface area (Å²) >= 11 is 0. The molecule has 3 N–H and O–H groups in total. The van der Waals surface area contributed by atoms with Gasteiger partial charge in [0.1, 0.15) is 0 Å². The zero-order chi connectivity index (χ0) is 18.5. The van der Waals surface area contributed by atoms with Gasteiger partial charge in [-0.3, -0.25) is 4.79 Å². The van der Waals surface area contributed by atoms with Crippen molar-refractivity contribution in [3.05, 3.63) is 48.6 Å². The molecule has 1 aliphatic carbocycles. The van der Waals surface area contributed by atoms with Gasteiger partial charge in [-0.25, -0.2) is 0 Å². The Morgan fingerprint density at radius 3 is 2.08 bits per heavy atom. The summed E-state index contributed by atoms with van der Waals surface area (Å²) in [5.74, 6) is 0.690. The average Bonchev–Trinajstić information content (AvgIpc) is 3.31. The summed E-state index contributed by atoms with van der Waals surface area (Å²) in [6.07, 6.45) is 19.9. The summed E-state index contributed by atoms with van der Waals surface area (Å²) in [4.78, 5) is 10.4. The quantitative estimate of drug-likeness (QED) is 0.439. The van der Waals surface area contributed by atoms with E-state index in [-0.39, 0.29) is 12.5 Å². The number of allylic oxidation sites excluding steroid dienone is 6.